The maximum atomic E-state index is 12.9. The van der Waals surface area contributed by atoms with Crippen LogP contribution in [0.5, 0.6) is 0 Å². The summed E-state index contributed by atoms with van der Waals surface area (Å²) < 4.78 is 0. The fraction of sp³-hybridized carbons (Fsp3) is 0.400. The molecule has 2 heterocycles. The molecular weight excluding hydrogens is 300 g/mol. The average molecular weight is 324 g/mol. The van der Waals surface area contributed by atoms with E-state index in [1.54, 1.807) is 6.92 Å². The number of hydrogen-bond acceptors (Lipinski definition) is 2. The van der Waals surface area contributed by atoms with E-state index in [2.05, 4.69) is 30.1 Å². The third-order valence-corrected chi connectivity index (χ3v) is 5.11. The number of likely N-dealkylation sites (tertiary alicyclic amines) is 1. The smallest absolute Gasteiger partial charge is 0.270 e. The van der Waals surface area contributed by atoms with E-state index in [4.69, 9.17) is 0 Å². The number of H-pyrrole nitrogens is 1. The molecule has 24 heavy (non-hydrogen) atoms. The van der Waals surface area contributed by atoms with Gasteiger partial charge >= 0.3 is 0 Å². The SMILES string of the molecule is CC(=O)c1c(C)[nH]c(C(=O)N2CC[C@H](c3ccccc3C)C2)c1C. The second kappa shape index (κ2) is 6.27. The number of hydrogen-bond donors (Lipinski definition) is 1. The van der Waals surface area contributed by atoms with Crippen LogP contribution in [0.2, 0.25) is 0 Å². The lowest BCUT2D eigenvalue weighted by atomic mass is 9.94. The Hall–Kier alpha value is -2.36. The number of aryl methyl sites for hydroxylation is 2. The molecule has 0 unspecified atom stereocenters. The molecule has 1 N–H and O–H groups in total. The molecule has 1 saturated heterocycles. The molecule has 126 valence electrons. The van der Waals surface area contributed by atoms with Gasteiger partial charge in [-0.15, -0.1) is 0 Å². The fourth-order valence-corrected chi connectivity index (χ4v) is 3.89. The Morgan fingerprint density at radius 1 is 1.17 bits per heavy atom. The lowest BCUT2D eigenvalue weighted by Crippen LogP contribution is -2.29. The van der Waals surface area contributed by atoms with E-state index >= 15 is 0 Å². The highest BCUT2D eigenvalue weighted by Gasteiger charge is 2.31. The van der Waals surface area contributed by atoms with Gasteiger partial charge < -0.3 is 9.88 Å². The number of ketones is 1. The molecule has 3 rings (SSSR count). The van der Waals surface area contributed by atoms with Crippen molar-refractivity contribution in [2.24, 2.45) is 0 Å². The molecule has 1 amide bonds. The first-order valence-electron chi connectivity index (χ1n) is 8.45. The summed E-state index contributed by atoms with van der Waals surface area (Å²) in [6, 6.07) is 8.39. The van der Waals surface area contributed by atoms with Gasteiger partial charge in [0.2, 0.25) is 0 Å². The summed E-state index contributed by atoms with van der Waals surface area (Å²) in [6.45, 7) is 8.85. The lowest BCUT2D eigenvalue weighted by molar-refractivity contribution is 0.0784. The van der Waals surface area contributed by atoms with Crippen LogP contribution in [0.25, 0.3) is 0 Å². The highest BCUT2D eigenvalue weighted by molar-refractivity contribution is 6.02. The van der Waals surface area contributed by atoms with Crippen molar-refractivity contribution in [3.05, 3.63) is 57.9 Å². The van der Waals surface area contributed by atoms with E-state index in [1.165, 1.54) is 11.1 Å². The molecule has 0 spiro atoms. The molecule has 0 bridgehead atoms. The zero-order valence-electron chi connectivity index (χ0n) is 14.8. The van der Waals surface area contributed by atoms with Crippen LogP contribution in [0.3, 0.4) is 0 Å². The first kappa shape index (κ1) is 16.5. The fourth-order valence-electron chi connectivity index (χ4n) is 3.89. The minimum absolute atomic E-state index is 0.000455. The molecule has 4 nitrogen and oxygen atoms in total. The van der Waals surface area contributed by atoms with Gasteiger partial charge in [-0.1, -0.05) is 24.3 Å². The van der Waals surface area contributed by atoms with Crippen LogP contribution in [-0.4, -0.2) is 34.7 Å². The molecule has 1 aliphatic rings. The number of carbonyl (C=O) groups excluding carboxylic acids is 2. The number of aromatic amines is 1. The normalized spacial score (nSPS) is 17.3. The average Bonchev–Trinajstić information content (AvgIpc) is 3.12. The summed E-state index contributed by atoms with van der Waals surface area (Å²) in [7, 11) is 0. The van der Waals surface area contributed by atoms with Crippen molar-refractivity contribution in [2.75, 3.05) is 13.1 Å². The Labute approximate surface area is 142 Å². The van der Waals surface area contributed by atoms with Gasteiger partial charge in [-0.25, -0.2) is 0 Å². The van der Waals surface area contributed by atoms with E-state index in [-0.39, 0.29) is 11.7 Å². The van der Waals surface area contributed by atoms with Crippen LogP contribution >= 0.6 is 0 Å². The Morgan fingerprint density at radius 3 is 2.50 bits per heavy atom. The van der Waals surface area contributed by atoms with Crippen LogP contribution in [-0.2, 0) is 0 Å². The zero-order chi connectivity index (χ0) is 17.4. The maximum absolute atomic E-state index is 12.9. The van der Waals surface area contributed by atoms with Crippen molar-refractivity contribution >= 4 is 11.7 Å². The molecule has 1 aromatic heterocycles. The lowest BCUT2D eigenvalue weighted by Gasteiger charge is -2.17. The van der Waals surface area contributed by atoms with Crippen molar-refractivity contribution in [3.8, 4) is 0 Å². The summed E-state index contributed by atoms with van der Waals surface area (Å²) in [5.41, 5.74) is 5.36. The molecule has 4 heteroatoms. The number of rotatable bonds is 3. The summed E-state index contributed by atoms with van der Waals surface area (Å²) in [5, 5.41) is 0. The standard InChI is InChI=1S/C20H24N2O2/c1-12-7-5-6-8-17(12)16-9-10-22(11-16)20(24)19-13(2)18(15(4)23)14(3)21-19/h5-8,16,21H,9-11H2,1-4H3/t16-/m0/s1. The van der Waals surface area contributed by atoms with Crippen LogP contribution < -0.4 is 0 Å². The van der Waals surface area contributed by atoms with Gasteiger partial charge in [0.25, 0.3) is 5.91 Å². The number of Topliss-reactive ketones (excluding diaryl/α,β-unsaturated/α-hetero) is 1. The quantitative estimate of drug-likeness (QED) is 0.874. The third-order valence-electron chi connectivity index (χ3n) is 5.11. The second-order valence-corrected chi connectivity index (χ2v) is 6.77. The summed E-state index contributed by atoms with van der Waals surface area (Å²) >= 11 is 0. The third kappa shape index (κ3) is 2.77. The van der Waals surface area contributed by atoms with E-state index in [0.29, 0.717) is 17.2 Å². The first-order chi connectivity index (χ1) is 11.4. The minimum Gasteiger partial charge on any atom is -0.354 e. The Kier molecular flexibility index (Phi) is 4.31. The van der Waals surface area contributed by atoms with Gasteiger partial charge in [-0.2, -0.15) is 0 Å². The molecule has 0 saturated carbocycles. The van der Waals surface area contributed by atoms with Gasteiger partial charge in [0, 0.05) is 30.3 Å². The Balaban J connectivity index is 1.82. The number of aromatic nitrogens is 1. The number of nitrogens with one attached hydrogen (secondary N) is 1. The van der Waals surface area contributed by atoms with Crippen LogP contribution in [0.4, 0.5) is 0 Å². The van der Waals surface area contributed by atoms with E-state index < -0.39 is 0 Å². The highest BCUT2D eigenvalue weighted by Crippen LogP contribution is 2.31. The molecule has 0 aliphatic carbocycles. The highest BCUT2D eigenvalue weighted by atomic mass is 16.2. The van der Waals surface area contributed by atoms with Crippen molar-refractivity contribution in [3.63, 3.8) is 0 Å². The molecule has 1 atom stereocenters. The summed E-state index contributed by atoms with van der Waals surface area (Å²) in [4.78, 5) is 29.7. The zero-order valence-corrected chi connectivity index (χ0v) is 14.8. The van der Waals surface area contributed by atoms with Gasteiger partial charge in [0.05, 0.1) is 0 Å². The number of carbonyl (C=O) groups is 2. The van der Waals surface area contributed by atoms with Crippen LogP contribution in [0, 0.1) is 20.8 Å². The second-order valence-electron chi connectivity index (χ2n) is 6.77. The van der Waals surface area contributed by atoms with Crippen LogP contribution in [0.15, 0.2) is 24.3 Å². The van der Waals surface area contributed by atoms with Crippen LogP contribution in [0.1, 0.15) is 62.5 Å². The summed E-state index contributed by atoms with van der Waals surface area (Å²) in [6.07, 6.45) is 0.981. The molecule has 2 aromatic rings. The Bertz CT molecular complexity index is 804. The van der Waals surface area contributed by atoms with Crippen molar-refractivity contribution in [2.45, 2.75) is 40.0 Å². The monoisotopic (exact) mass is 324 g/mol. The van der Waals surface area contributed by atoms with E-state index in [9.17, 15) is 9.59 Å². The first-order valence-corrected chi connectivity index (χ1v) is 8.45. The predicted molar refractivity (Wildman–Crippen MR) is 94.7 cm³/mol. The summed E-state index contributed by atoms with van der Waals surface area (Å²) in [5.74, 6) is 0.387. The van der Waals surface area contributed by atoms with Crippen molar-refractivity contribution in [1.82, 2.24) is 9.88 Å². The largest absolute Gasteiger partial charge is 0.354 e. The molecule has 1 fully saturated rings. The van der Waals surface area contributed by atoms with Gasteiger partial charge in [-0.05, 0) is 50.8 Å². The number of benzene rings is 1. The molecular formula is C20H24N2O2. The molecule has 1 aromatic carbocycles. The Morgan fingerprint density at radius 2 is 1.88 bits per heavy atom. The molecule has 0 radical (unpaired) electrons. The maximum Gasteiger partial charge on any atom is 0.270 e. The van der Waals surface area contributed by atoms with Gasteiger partial charge in [-0.3, -0.25) is 9.59 Å². The minimum atomic E-state index is -0.000755. The number of nitrogens with zero attached hydrogens (tertiary/aromatic N) is 1. The topological polar surface area (TPSA) is 53.2 Å². The van der Waals surface area contributed by atoms with Crippen molar-refractivity contribution < 1.29 is 9.59 Å². The molecule has 1 aliphatic heterocycles. The number of amides is 1. The van der Waals surface area contributed by atoms with Crippen molar-refractivity contribution in [1.29, 1.82) is 0 Å². The van der Waals surface area contributed by atoms with Gasteiger partial charge in [0.15, 0.2) is 5.78 Å². The van der Waals surface area contributed by atoms with E-state index in [0.717, 1.165) is 30.8 Å². The van der Waals surface area contributed by atoms with Gasteiger partial charge in [0.1, 0.15) is 5.69 Å². The predicted octanol–water partition coefficient (Wildman–Crippen LogP) is 3.77. The van der Waals surface area contributed by atoms with E-state index in [1.807, 2.05) is 24.8 Å².